The van der Waals surface area contributed by atoms with Crippen LogP contribution in [0.15, 0.2) is 0 Å². The third-order valence-corrected chi connectivity index (χ3v) is 3.81. The summed E-state index contributed by atoms with van der Waals surface area (Å²) in [6, 6.07) is 0. The van der Waals surface area contributed by atoms with E-state index in [0.29, 0.717) is 0 Å². The fraction of sp³-hybridized carbons (Fsp3) is 1.00. The normalized spacial score (nSPS) is 33.0. The first-order valence-corrected chi connectivity index (χ1v) is 6.39. The Morgan fingerprint density at radius 1 is 0.500 bits per heavy atom. The van der Waals surface area contributed by atoms with Gasteiger partial charge in [-0.05, 0) is 12.8 Å². The van der Waals surface area contributed by atoms with Crippen LogP contribution in [0.25, 0.3) is 0 Å². The van der Waals surface area contributed by atoms with Gasteiger partial charge in [0, 0.05) is 25.7 Å². The molecular weight excluding hydrogens is 208 g/mol. The van der Waals surface area contributed by atoms with Crippen LogP contribution in [0, 0.1) is 0 Å². The molecule has 92 valence electrons. The van der Waals surface area contributed by atoms with Crippen LogP contribution in [0.3, 0.4) is 0 Å². The van der Waals surface area contributed by atoms with Gasteiger partial charge in [-0.25, -0.2) is 0 Å². The molecule has 3 aliphatic rings. The van der Waals surface area contributed by atoms with Crippen molar-refractivity contribution in [1.29, 1.82) is 0 Å². The lowest BCUT2D eigenvalue weighted by molar-refractivity contribution is -0.339. The minimum absolute atomic E-state index is 0.326. The van der Waals surface area contributed by atoms with Gasteiger partial charge in [0.05, 0.1) is 26.4 Å². The van der Waals surface area contributed by atoms with E-state index in [1.54, 1.807) is 0 Å². The van der Waals surface area contributed by atoms with Crippen LogP contribution in [0.1, 0.15) is 38.5 Å². The predicted octanol–water partition coefficient (Wildman–Crippen LogP) is 1.83. The molecule has 3 rings (SSSR count). The Bertz CT molecular complexity index is 203. The van der Waals surface area contributed by atoms with E-state index < -0.39 is 0 Å². The molecule has 0 radical (unpaired) electrons. The summed E-state index contributed by atoms with van der Waals surface area (Å²) >= 11 is 0. The van der Waals surface area contributed by atoms with E-state index in [9.17, 15) is 0 Å². The van der Waals surface area contributed by atoms with Crippen molar-refractivity contribution < 1.29 is 18.9 Å². The Morgan fingerprint density at radius 3 is 1.12 bits per heavy atom. The van der Waals surface area contributed by atoms with Gasteiger partial charge < -0.3 is 18.9 Å². The average molecular weight is 228 g/mol. The Morgan fingerprint density at radius 2 is 0.812 bits per heavy atom. The molecule has 0 N–H and O–H groups in total. The molecule has 0 aromatic heterocycles. The van der Waals surface area contributed by atoms with Crippen molar-refractivity contribution in [3.05, 3.63) is 0 Å². The molecule has 0 amide bonds. The minimum atomic E-state index is -0.326. The highest BCUT2D eigenvalue weighted by Gasteiger charge is 2.47. The van der Waals surface area contributed by atoms with Crippen molar-refractivity contribution >= 4 is 0 Å². The first-order valence-electron chi connectivity index (χ1n) is 6.39. The maximum atomic E-state index is 5.81. The average Bonchev–Trinajstić information content (AvgIpc) is 2.36. The van der Waals surface area contributed by atoms with Gasteiger partial charge in [-0.15, -0.1) is 0 Å². The molecule has 0 atom stereocenters. The Hall–Kier alpha value is -0.160. The van der Waals surface area contributed by atoms with Gasteiger partial charge >= 0.3 is 0 Å². The molecule has 2 saturated heterocycles. The van der Waals surface area contributed by atoms with Gasteiger partial charge in [0.25, 0.3) is 0 Å². The SMILES string of the molecule is C1COC2(CCC3(CC2)OCCCO3)OC1. The third-order valence-electron chi connectivity index (χ3n) is 3.81. The first-order chi connectivity index (χ1) is 7.83. The molecule has 0 aromatic rings. The molecular formula is C12H20O4. The monoisotopic (exact) mass is 228 g/mol. The molecule has 4 heteroatoms. The van der Waals surface area contributed by atoms with E-state index in [1.165, 1.54) is 0 Å². The van der Waals surface area contributed by atoms with E-state index in [1.807, 2.05) is 0 Å². The molecule has 0 unspecified atom stereocenters. The summed E-state index contributed by atoms with van der Waals surface area (Å²) < 4.78 is 23.2. The largest absolute Gasteiger partial charge is 0.350 e. The summed E-state index contributed by atoms with van der Waals surface area (Å²) in [4.78, 5) is 0. The summed E-state index contributed by atoms with van der Waals surface area (Å²) in [6.45, 7) is 3.31. The fourth-order valence-corrected chi connectivity index (χ4v) is 2.82. The van der Waals surface area contributed by atoms with Crippen molar-refractivity contribution in [2.75, 3.05) is 26.4 Å². The van der Waals surface area contributed by atoms with Gasteiger partial charge in [0.2, 0.25) is 0 Å². The topological polar surface area (TPSA) is 36.9 Å². The first kappa shape index (κ1) is 11.0. The molecule has 3 fully saturated rings. The summed E-state index contributed by atoms with van der Waals surface area (Å²) in [5, 5.41) is 0. The van der Waals surface area contributed by atoms with Crippen LogP contribution in [-0.4, -0.2) is 38.0 Å². The molecule has 4 nitrogen and oxygen atoms in total. The maximum Gasteiger partial charge on any atom is 0.168 e. The summed E-state index contributed by atoms with van der Waals surface area (Å²) in [5.41, 5.74) is 0. The fourth-order valence-electron chi connectivity index (χ4n) is 2.82. The zero-order valence-electron chi connectivity index (χ0n) is 9.70. The van der Waals surface area contributed by atoms with E-state index in [2.05, 4.69) is 0 Å². The Kier molecular flexibility index (Phi) is 2.92. The standard InChI is InChI=1S/C12H20O4/c1-7-13-11(14-8-1)3-5-12(6-4-11)15-9-2-10-16-12/h1-10H2. The van der Waals surface area contributed by atoms with E-state index >= 15 is 0 Å². The molecule has 1 saturated carbocycles. The molecule has 0 aromatic carbocycles. The molecule has 2 aliphatic heterocycles. The third kappa shape index (κ3) is 1.99. The van der Waals surface area contributed by atoms with Gasteiger partial charge in [0.1, 0.15) is 0 Å². The molecule has 1 aliphatic carbocycles. The lowest BCUT2D eigenvalue weighted by Crippen LogP contribution is -2.51. The summed E-state index contributed by atoms with van der Waals surface area (Å²) in [5.74, 6) is -0.651. The van der Waals surface area contributed by atoms with E-state index in [-0.39, 0.29) is 11.6 Å². The second-order valence-electron chi connectivity index (χ2n) is 4.92. The van der Waals surface area contributed by atoms with E-state index in [4.69, 9.17) is 18.9 Å². The smallest absolute Gasteiger partial charge is 0.168 e. The van der Waals surface area contributed by atoms with Crippen molar-refractivity contribution in [3.8, 4) is 0 Å². The van der Waals surface area contributed by atoms with Crippen LogP contribution in [0.5, 0.6) is 0 Å². The van der Waals surface area contributed by atoms with Gasteiger partial charge in [-0.1, -0.05) is 0 Å². The van der Waals surface area contributed by atoms with Gasteiger partial charge in [0.15, 0.2) is 11.6 Å². The highest BCUT2D eigenvalue weighted by molar-refractivity contribution is 4.88. The van der Waals surface area contributed by atoms with E-state index in [0.717, 1.165) is 65.0 Å². The highest BCUT2D eigenvalue weighted by atomic mass is 16.7. The van der Waals surface area contributed by atoms with Crippen LogP contribution in [0.4, 0.5) is 0 Å². The van der Waals surface area contributed by atoms with Crippen molar-refractivity contribution in [2.45, 2.75) is 50.1 Å². The quantitative estimate of drug-likeness (QED) is 0.634. The second-order valence-corrected chi connectivity index (χ2v) is 4.92. The molecule has 2 spiro atoms. The number of ether oxygens (including phenoxy) is 4. The van der Waals surface area contributed by atoms with Crippen molar-refractivity contribution in [1.82, 2.24) is 0 Å². The van der Waals surface area contributed by atoms with Gasteiger partial charge in [-0.2, -0.15) is 0 Å². The van der Waals surface area contributed by atoms with Crippen molar-refractivity contribution in [3.63, 3.8) is 0 Å². The molecule has 2 heterocycles. The maximum absolute atomic E-state index is 5.81. The minimum Gasteiger partial charge on any atom is -0.350 e. The van der Waals surface area contributed by atoms with Crippen molar-refractivity contribution in [2.24, 2.45) is 0 Å². The summed E-state index contributed by atoms with van der Waals surface area (Å²) in [6.07, 6.45) is 5.61. The van der Waals surface area contributed by atoms with Crippen LogP contribution in [0.2, 0.25) is 0 Å². The second kappa shape index (κ2) is 4.26. The molecule has 16 heavy (non-hydrogen) atoms. The number of rotatable bonds is 0. The zero-order chi connectivity index (χ0) is 10.9. The van der Waals surface area contributed by atoms with Gasteiger partial charge in [-0.3, -0.25) is 0 Å². The highest BCUT2D eigenvalue weighted by Crippen LogP contribution is 2.43. The number of hydrogen-bond acceptors (Lipinski definition) is 4. The lowest BCUT2D eigenvalue weighted by atomic mass is 9.88. The number of hydrogen-bond donors (Lipinski definition) is 0. The van der Waals surface area contributed by atoms with Crippen LogP contribution >= 0.6 is 0 Å². The Labute approximate surface area is 96.2 Å². The Balaban J connectivity index is 1.61. The summed E-state index contributed by atoms with van der Waals surface area (Å²) in [7, 11) is 0. The molecule has 0 bridgehead atoms. The van der Waals surface area contributed by atoms with Crippen LogP contribution in [-0.2, 0) is 18.9 Å². The predicted molar refractivity (Wildman–Crippen MR) is 57.0 cm³/mol. The lowest BCUT2D eigenvalue weighted by Gasteiger charge is -2.47. The van der Waals surface area contributed by atoms with Crippen LogP contribution < -0.4 is 0 Å². The zero-order valence-corrected chi connectivity index (χ0v) is 9.70.